The van der Waals surface area contributed by atoms with Crippen molar-refractivity contribution in [1.29, 1.82) is 0 Å². The fourth-order valence-electron chi connectivity index (χ4n) is 1.58. The van der Waals surface area contributed by atoms with E-state index in [-0.39, 0.29) is 27.1 Å². The van der Waals surface area contributed by atoms with E-state index in [0.29, 0.717) is 0 Å². The van der Waals surface area contributed by atoms with E-state index in [4.69, 9.17) is 6.58 Å². The van der Waals surface area contributed by atoms with E-state index >= 15 is 0 Å². The molecule has 1 nitrogen and oxygen atoms in total. The van der Waals surface area contributed by atoms with Gasteiger partial charge in [0.15, 0.2) is 0 Å². The molecule has 0 saturated carbocycles. The van der Waals surface area contributed by atoms with Crippen molar-refractivity contribution < 1.29 is 21.1 Å². The smallest absolute Gasteiger partial charge is 0.683 e. The van der Waals surface area contributed by atoms with Gasteiger partial charge in [0.1, 0.15) is 0 Å². The third-order valence-electron chi connectivity index (χ3n) is 2.26. The molecule has 1 aliphatic rings. The maximum atomic E-state index is 5.29. The number of nitrogens with zero attached hydrogens (tertiary/aromatic N) is 1. The standard InChI is InChI=1S/C11H9N.C7H10.Pt/c1-2-6-10(7-3-1)11-8-4-5-9-12-11;1-6(2)5-7(3)4;/h1-6,8-9,11H;1,5H,3H2,2,4H3;/q2*-2;+4/b;7-5+;. The summed E-state index contributed by atoms with van der Waals surface area (Å²) in [5, 5.41) is 4.30. The molecule has 0 saturated heterocycles. The molecule has 1 unspecified atom stereocenters. The quantitative estimate of drug-likeness (QED) is 0.444. The third-order valence-corrected chi connectivity index (χ3v) is 2.26. The molecule has 20 heavy (non-hydrogen) atoms. The van der Waals surface area contributed by atoms with Crippen molar-refractivity contribution in [3.05, 3.63) is 96.4 Å². The molecule has 0 amide bonds. The van der Waals surface area contributed by atoms with Crippen molar-refractivity contribution in [2.24, 2.45) is 0 Å². The van der Waals surface area contributed by atoms with Crippen LogP contribution >= 0.6 is 0 Å². The van der Waals surface area contributed by atoms with E-state index in [0.717, 1.165) is 16.7 Å². The van der Waals surface area contributed by atoms with Crippen LogP contribution in [0.4, 0.5) is 0 Å². The largest absolute Gasteiger partial charge is 4.00 e. The Labute approximate surface area is 137 Å². The van der Waals surface area contributed by atoms with Crippen LogP contribution in [0.15, 0.2) is 65.9 Å². The molecule has 2 rings (SSSR count). The van der Waals surface area contributed by atoms with Crippen molar-refractivity contribution in [1.82, 2.24) is 0 Å². The fraction of sp³-hybridized carbons (Fsp3) is 0.167. The summed E-state index contributed by atoms with van der Waals surface area (Å²) < 4.78 is 0. The van der Waals surface area contributed by atoms with Crippen LogP contribution in [-0.4, -0.2) is 0 Å². The SMILES string of the molecule is [CH-]=C(C)/C=C(\[CH2-])C.[Pt+4].[c-]1ccccc1C1C=CC=C[N-]1. The van der Waals surface area contributed by atoms with E-state index in [1.165, 1.54) is 0 Å². The minimum absolute atomic E-state index is 0. The predicted octanol–water partition coefficient (Wildman–Crippen LogP) is 5.13. The van der Waals surface area contributed by atoms with E-state index in [2.05, 4.69) is 24.4 Å². The first-order chi connectivity index (χ1) is 9.09. The summed E-state index contributed by atoms with van der Waals surface area (Å²) in [5.41, 5.74) is 2.94. The summed E-state index contributed by atoms with van der Waals surface area (Å²) >= 11 is 0. The summed E-state index contributed by atoms with van der Waals surface area (Å²) in [4.78, 5) is 0. The predicted molar refractivity (Wildman–Crippen MR) is 82.3 cm³/mol. The Kier molecular flexibility index (Phi) is 9.58. The first-order valence-corrected chi connectivity index (χ1v) is 6.19. The van der Waals surface area contributed by atoms with Crippen LogP contribution < -0.4 is 0 Å². The Morgan fingerprint density at radius 3 is 2.50 bits per heavy atom. The van der Waals surface area contributed by atoms with Crippen LogP contribution in [-0.2, 0) is 21.1 Å². The van der Waals surface area contributed by atoms with Gasteiger partial charge in [-0.3, -0.25) is 6.58 Å². The summed E-state index contributed by atoms with van der Waals surface area (Å²) in [7, 11) is 0. The molecular weight excluding hydrogens is 425 g/mol. The van der Waals surface area contributed by atoms with Crippen molar-refractivity contribution in [3.63, 3.8) is 0 Å². The minimum Gasteiger partial charge on any atom is -0.683 e. The summed E-state index contributed by atoms with van der Waals surface area (Å²) in [5.74, 6) is 0. The van der Waals surface area contributed by atoms with Crippen LogP contribution in [0.25, 0.3) is 5.32 Å². The number of allylic oxidation sites excluding steroid dienone is 5. The Morgan fingerprint density at radius 1 is 1.35 bits per heavy atom. The maximum Gasteiger partial charge on any atom is 4.00 e. The average molecular weight is 444 g/mol. The molecule has 1 atom stereocenters. The van der Waals surface area contributed by atoms with Gasteiger partial charge >= 0.3 is 21.1 Å². The molecule has 0 radical (unpaired) electrons. The molecule has 1 aliphatic heterocycles. The van der Waals surface area contributed by atoms with Gasteiger partial charge in [0.2, 0.25) is 0 Å². The van der Waals surface area contributed by atoms with Gasteiger partial charge in [-0.1, -0.05) is 38.1 Å². The van der Waals surface area contributed by atoms with Crippen molar-refractivity contribution >= 4 is 0 Å². The van der Waals surface area contributed by atoms with Crippen molar-refractivity contribution in [2.45, 2.75) is 19.9 Å². The van der Waals surface area contributed by atoms with E-state index in [9.17, 15) is 0 Å². The summed E-state index contributed by atoms with van der Waals surface area (Å²) in [6.07, 6.45) is 9.66. The second-order valence-electron chi connectivity index (χ2n) is 4.37. The Hall–Kier alpha value is -1.46. The van der Waals surface area contributed by atoms with Crippen LogP contribution in [0.3, 0.4) is 0 Å². The Morgan fingerprint density at radius 2 is 2.10 bits per heavy atom. The van der Waals surface area contributed by atoms with Crippen molar-refractivity contribution in [2.75, 3.05) is 0 Å². The first kappa shape index (κ1) is 18.5. The van der Waals surface area contributed by atoms with Crippen LogP contribution in [0.2, 0.25) is 0 Å². The van der Waals surface area contributed by atoms with E-state index in [1.807, 2.05) is 62.5 Å². The molecule has 1 aromatic carbocycles. The van der Waals surface area contributed by atoms with Gasteiger partial charge in [0, 0.05) is 0 Å². The zero-order chi connectivity index (χ0) is 14.1. The van der Waals surface area contributed by atoms with Gasteiger partial charge in [0.05, 0.1) is 0 Å². The van der Waals surface area contributed by atoms with E-state index in [1.54, 1.807) is 0 Å². The zero-order valence-electron chi connectivity index (χ0n) is 11.8. The topological polar surface area (TPSA) is 14.1 Å². The molecule has 0 spiro atoms. The molecule has 0 aromatic heterocycles. The van der Waals surface area contributed by atoms with Crippen LogP contribution in [0.1, 0.15) is 25.5 Å². The van der Waals surface area contributed by atoms with Gasteiger partial charge in [-0.05, 0) is 0 Å². The van der Waals surface area contributed by atoms with Gasteiger partial charge in [-0.15, -0.1) is 0 Å². The average Bonchev–Trinajstić information content (AvgIpc) is 2.40. The van der Waals surface area contributed by atoms with Gasteiger partial charge < -0.3 is 5.32 Å². The third kappa shape index (κ3) is 7.86. The normalized spacial score (nSPS) is 16.3. The zero-order valence-corrected chi connectivity index (χ0v) is 14.1. The van der Waals surface area contributed by atoms with E-state index < -0.39 is 0 Å². The fourth-order valence-corrected chi connectivity index (χ4v) is 1.58. The Bertz CT molecular complexity index is 479. The summed E-state index contributed by atoms with van der Waals surface area (Å²) in [6, 6.07) is 11.2. The molecule has 0 bridgehead atoms. The number of benzene rings is 1. The molecule has 0 N–H and O–H groups in total. The Balaban J connectivity index is 0.000000396. The molecule has 106 valence electrons. The molecular formula is C18H19NPt. The second kappa shape index (κ2) is 10.3. The first-order valence-electron chi connectivity index (χ1n) is 6.19. The molecule has 0 aliphatic carbocycles. The second-order valence-corrected chi connectivity index (χ2v) is 4.37. The summed E-state index contributed by atoms with van der Waals surface area (Å²) in [6.45, 7) is 12.7. The maximum absolute atomic E-state index is 5.29. The minimum atomic E-state index is 0. The van der Waals surface area contributed by atoms with Crippen LogP contribution in [0.5, 0.6) is 0 Å². The van der Waals surface area contributed by atoms with Crippen LogP contribution in [0, 0.1) is 19.6 Å². The molecule has 1 heterocycles. The molecule has 0 fully saturated rings. The van der Waals surface area contributed by atoms with Gasteiger partial charge in [-0.25, -0.2) is 24.1 Å². The van der Waals surface area contributed by atoms with Gasteiger partial charge in [0.25, 0.3) is 0 Å². The number of hydrogen-bond acceptors (Lipinski definition) is 0. The number of rotatable bonds is 2. The van der Waals surface area contributed by atoms with Gasteiger partial charge in [-0.2, -0.15) is 42.1 Å². The monoisotopic (exact) mass is 444 g/mol. The number of hydrogen-bond donors (Lipinski definition) is 0. The molecule has 1 aromatic rings. The van der Waals surface area contributed by atoms with Crippen molar-refractivity contribution in [3.8, 4) is 0 Å². The molecule has 2 heteroatoms.